The number of rotatable bonds is 6. The lowest BCUT2D eigenvalue weighted by atomic mass is 10.2. The number of hydrogen-bond donors (Lipinski definition) is 2. The van der Waals surface area contributed by atoms with Crippen molar-refractivity contribution in [2.75, 3.05) is 31.1 Å². The van der Waals surface area contributed by atoms with Gasteiger partial charge in [-0.25, -0.2) is 9.97 Å². The monoisotopic (exact) mass is 441 g/mol. The summed E-state index contributed by atoms with van der Waals surface area (Å²) in [4.78, 5) is 35.0. The molecule has 2 N–H and O–H groups in total. The minimum atomic E-state index is -0.420. The second kappa shape index (κ2) is 9.41. The second-order valence-electron chi connectivity index (χ2n) is 6.20. The molecule has 1 aliphatic rings. The van der Waals surface area contributed by atoms with Crippen LogP contribution in [0.25, 0.3) is 0 Å². The van der Waals surface area contributed by atoms with Gasteiger partial charge in [0.25, 0.3) is 11.8 Å². The standard InChI is InChI=1S/C18H18Cl3N5O2/c19-12-4-3-11(9-13(12)20)16(27)22-5-6-23-17(28)15-14(21)10-24-18(25-15)26-7-1-2-8-26/h3-4,9-10H,1-2,5-8H2,(H,22,27)(H,23,28). The van der Waals surface area contributed by atoms with Crippen molar-refractivity contribution in [1.29, 1.82) is 0 Å². The van der Waals surface area contributed by atoms with Crippen LogP contribution in [0.3, 0.4) is 0 Å². The molecule has 3 rings (SSSR count). The van der Waals surface area contributed by atoms with Crippen molar-refractivity contribution in [3.63, 3.8) is 0 Å². The van der Waals surface area contributed by atoms with Crippen LogP contribution in [0.1, 0.15) is 33.7 Å². The first-order valence-corrected chi connectivity index (χ1v) is 9.88. The van der Waals surface area contributed by atoms with Crippen LogP contribution in [0.4, 0.5) is 5.95 Å². The van der Waals surface area contributed by atoms with Gasteiger partial charge in [-0.2, -0.15) is 0 Å². The normalized spacial score (nSPS) is 13.5. The predicted molar refractivity (Wildman–Crippen MR) is 110 cm³/mol. The fourth-order valence-corrected chi connectivity index (χ4v) is 3.24. The van der Waals surface area contributed by atoms with Gasteiger partial charge >= 0.3 is 0 Å². The summed E-state index contributed by atoms with van der Waals surface area (Å²) in [5.41, 5.74) is 0.504. The molecule has 2 amide bonds. The number of carbonyl (C=O) groups is 2. The van der Waals surface area contributed by atoms with Crippen molar-refractivity contribution in [3.8, 4) is 0 Å². The molecule has 0 aliphatic carbocycles. The third-order valence-corrected chi connectivity index (χ3v) is 5.23. The van der Waals surface area contributed by atoms with Gasteiger partial charge in [-0.15, -0.1) is 0 Å². The highest BCUT2D eigenvalue weighted by Crippen LogP contribution is 2.22. The van der Waals surface area contributed by atoms with Crippen LogP contribution >= 0.6 is 34.8 Å². The number of anilines is 1. The van der Waals surface area contributed by atoms with Crippen LogP contribution < -0.4 is 15.5 Å². The molecule has 0 saturated carbocycles. The zero-order chi connectivity index (χ0) is 20.1. The van der Waals surface area contributed by atoms with Crippen LogP contribution in [-0.2, 0) is 0 Å². The number of benzene rings is 1. The van der Waals surface area contributed by atoms with Gasteiger partial charge in [-0.3, -0.25) is 9.59 Å². The third-order valence-electron chi connectivity index (χ3n) is 4.21. The molecule has 2 aromatic rings. The maximum atomic E-state index is 12.4. The van der Waals surface area contributed by atoms with Gasteiger partial charge in [0.15, 0.2) is 5.69 Å². The van der Waals surface area contributed by atoms with Crippen LogP contribution in [0.15, 0.2) is 24.4 Å². The van der Waals surface area contributed by atoms with E-state index in [1.165, 1.54) is 12.3 Å². The zero-order valence-corrected chi connectivity index (χ0v) is 17.1. The molecule has 1 aromatic heterocycles. The van der Waals surface area contributed by atoms with E-state index in [0.717, 1.165) is 25.9 Å². The Kier molecular flexibility index (Phi) is 6.93. The summed E-state index contributed by atoms with van der Waals surface area (Å²) in [6, 6.07) is 4.61. The van der Waals surface area contributed by atoms with Gasteiger partial charge in [0.05, 0.1) is 21.3 Å². The number of carbonyl (C=O) groups excluding carboxylic acids is 2. The predicted octanol–water partition coefficient (Wildman–Crippen LogP) is 3.20. The molecule has 1 fully saturated rings. The van der Waals surface area contributed by atoms with Crippen molar-refractivity contribution in [3.05, 3.63) is 50.7 Å². The lowest BCUT2D eigenvalue weighted by Gasteiger charge is -2.16. The lowest BCUT2D eigenvalue weighted by molar-refractivity contribution is 0.0925. The molecule has 2 heterocycles. The summed E-state index contributed by atoms with van der Waals surface area (Å²) in [7, 11) is 0. The van der Waals surface area contributed by atoms with E-state index in [1.54, 1.807) is 12.1 Å². The van der Waals surface area contributed by atoms with Crippen molar-refractivity contribution in [2.24, 2.45) is 0 Å². The summed E-state index contributed by atoms with van der Waals surface area (Å²) < 4.78 is 0. The average Bonchev–Trinajstić information content (AvgIpc) is 3.22. The molecule has 0 unspecified atom stereocenters. The zero-order valence-electron chi connectivity index (χ0n) is 14.8. The fraction of sp³-hybridized carbons (Fsp3) is 0.333. The van der Waals surface area contributed by atoms with E-state index < -0.39 is 5.91 Å². The Balaban J connectivity index is 1.52. The second-order valence-corrected chi connectivity index (χ2v) is 7.42. The van der Waals surface area contributed by atoms with E-state index in [0.29, 0.717) is 21.6 Å². The Hall–Kier alpha value is -2.09. The van der Waals surface area contributed by atoms with Gasteiger partial charge in [-0.1, -0.05) is 34.8 Å². The van der Waals surface area contributed by atoms with Gasteiger partial charge in [0.2, 0.25) is 5.95 Å². The molecule has 28 heavy (non-hydrogen) atoms. The Morgan fingerprint density at radius 1 is 0.964 bits per heavy atom. The topological polar surface area (TPSA) is 87.2 Å². The van der Waals surface area contributed by atoms with E-state index in [2.05, 4.69) is 20.6 Å². The third kappa shape index (κ3) is 5.04. The highest BCUT2D eigenvalue weighted by molar-refractivity contribution is 6.42. The van der Waals surface area contributed by atoms with Crippen LogP contribution in [0.2, 0.25) is 15.1 Å². The summed E-state index contributed by atoms with van der Waals surface area (Å²) in [5.74, 6) is -0.235. The summed E-state index contributed by atoms with van der Waals surface area (Å²) in [6.07, 6.45) is 3.58. The molecule has 10 heteroatoms. The SMILES string of the molecule is O=C(NCCNC(=O)c1nc(N2CCCC2)ncc1Cl)c1ccc(Cl)c(Cl)c1. The van der Waals surface area contributed by atoms with E-state index in [4.69, 9.17) is 34.8 Å². The van der Waals surface area contributed by atoms with Crippen molar-refractivity contribution in [1.82, 2.24) is 20.6 Å². The first kappa shape index (κ1) is 20.6. The minimum absolute atomic E-state index is 0.120. The van der Waals surface area contributed by atoms with Gasteiger partial charge < -0.3 is 15.5 Å². The summed E-state index contributed by atoms with van der Waals surface area (Å²) >= 11 is 17.8. The van der Waals surface area contributed by atoms with Gasteiger partial charge in [0.1, 0.15) is 0 Å². The number of aromatic nitrogens is 2. The molecule has 7 nitrogen and oxygen atoms in total. The molecule has 1 aliphatic heterocycles. The van der Waals surface area contributed by atoms with E-state index in [1.807, 2.05) is 4.90 Å². The van der Waals surface area contributed by atoms with Crippen molar-refractivity contribution >= 4 is 52.6 Å². The van der Waals surface area contributed by atoms with Crippen LogP contribution in [0.5, 0.6) is 0 Å². The quantitative estimate of drug-likeness (QED) is 0.671. The first-order valence-electron chi connectivity index (χ1n) is 8.74. The number of nitrogens with zero attached hydrogens (tertiary/aromatic N) is 3. The molecule has 1 saturated heterocycles. The number of nitrogens with one attached hydrogen (secondary N) is 2. The van der Waals surface area contributed by atoms with E-state index in [-0.39, 0.29) is 29.7 Å². The molecule has 1 aromatic carbocycles. The first-order chi connectivity index (χ1) is 13.5. The van der Waals surface area contributed by atoms with Crippen molar-refractivity contribution < 1.29 is 9.59 Å². The highest BCUT2D eigenvalue weighted by Gasteiger charge is 2.19. The Morgan fingerprint density at radius 2 is 1.64 bits per heavy atom. The molecule has 0 bridgehead atoms. The fourth-order valence-electron chi connectivity index (χ4n) is 2.76. The Morgan fingerprint density at radius 3 is 2.32 bits per heavy atom. The molecular weight excluding hydrogens is 425 g/mol. The molecule has 0 spiro atoms. The van der Waals surface area contributed by atoms with Gasteiger partial charge in [0, 0.05) is 31.7 Å². The van der Waals surface area contributed by atoms with E-state index in [9.17, 15) is 9.59 Å². The molecule has 148 valence electrons. The summed E-state index contributed by atoms with van der Waals surface area (Å²) in [6.45, 7) is 2.17. The molecular formula is C18H18Cl3N5O2. The van der Waals surface area contributed by atoms with Crippen LogP contribution in [0, 0.1) is 0 Å². The number of amides is 2. The van der Waals surface area contributed by atoms with Crippen LogP contribution in [-0.4, -0.2) is 48.0 Å². The minimum Gasteiger partial charge on any atom is -0.350 e. The molecule has 0 radical (unpaired) electrons. The average molecular weight is 443 g/mol. The number of halogens is 3. The largest absolute Gasteiger partial charge is 0.350 e. The van der Waals surface area contributed by atoms with Gasteiger partial charge in [-0.05, 0) is 31.0 Å². The summed E-state index contributed by atoms with van der Waals surface area (Å²) in [5, 5.41) is 6.24. The Labute approximate surface area is 177 Å². The molecule has 0 atom stereocenters. The lowest BCUT2D eigenvalue weighted by Crippen LogP contribution is -2.35. The maximum Gasteiger partial charge on any atom is 0.271 e. The van der Waals surface area contributed by atoms with Crippen molar-refractivity contribution in [2.45, 2.75) is 12.8 Å². The smallest absolute Gasteiger partial charge is 0.271 e. The number of hydrogen-bond acceptors (Lipinski definition) is 5. The Bertz CT molecular complexity index is 888. The highest BCUT2D eigenvalue weighted by atomic mass is 35.5. The maximum absolute atomic E-state index is 12.4. The van der Waals surface area contributed by atoms with E-state index >= 15 is 0 Å².